The molecule has 1 heterocycles. The van der Waals surface area contributed by atoms with Crippen molar-refractivity contribution < 1.29 is 0 Å². The van der Waals surface area contributed by atoms with Gasteiger partial charge in [0, 0.05) is 6.54 Å². The molecule has 0 amide bonds. The van der Waals surface area contributed by atoms with Crippen molar-refractivity contribution in [1.29, 1.82) is 0 Å². The highest BCUT2D eigenvalue weighted by Crippen LogP contribution is 2.33. The van der Waals surface area contributed by atoms with Crippen molar-refractivity contribution in [3.05, 3.63) is 0 Å². The smallest absolute Gasteiger partial charge is 0.0713 e. The molecule has 14 heavy (non-hydrogen) atoms. The summed E-state index contributed by atoms with van der Waals surface area (Å²) in [7, 11) is 2.21. The molecule has 0 aromatic heterocycles. The number of nitrogens with one attached hydrogen (secondary N) is 1. The Morgan fingerprint density at radius 1 is 1.36 bits per heavy atom. The van der Waals surface area contributed by atoms with E-state index < -0.39 is 0 Å². The topological polar surface area (TPSA) is 15.3 Å². The van der Waals surface area contributed by atoms with E-state index in [2.05, 4.69) is 31.1 Å². The third-order valence-corrected chi connectivity index (χ3v) is 3.69. The molecule has 1 N–H and O–H groups in total. The van der Waals surface area contributed by atoms with Crippen LogP contribution in [0, 0.1) is 11.3 Å². The van der Waals surface area contributed by atoms with Gasteiger partial charge in [-0.25, -0.2) is 0 Å². The number of likely N-dealkylation sites (tertiary alicyclic amines) is 1. The van der Waals surface area contributed by atoms with Crippen molar-refractivity contribution in [1.82, 2.24) is 10.2 Å². The van der Waals surface area contributed by atoms with Gasteiger partial charge in [0.05, 0.1) is 6.00 Å². The molecule has 1 rings (SSSR count). The molecule has 1 aliphatic rings. The minimum Gasteiger partial charge on any atom is -0.306 e. The summed E-state index contributed by atoms with van der Waals surface area (Å²) in [6.45, 7) is 8.22. The highest BCUT2D eigenvalue weighted by molar-refractivity contribution is 6.17. The van der Waals surface area contributed by atoms with E-state index in [1.807, 2.05) is 0 Å². The van der Waals surface area contributed by atoms with Gasteiger partial charge in [-0.15, -0.1) is 11.6 Å². The maximum absolute atomic E-state index is 5.65. The lowest BCUT2D eigenvalue weighted by atomic mass is 9.73. The van der Waals surface area contributed by atoms with Gasteiger partial charge in [0.25, 0.3) is 0 Å². The lowest BCUT2D eigenvalue weighted by molar-refractivity contribution is 0.114. The summed E-state index contributed by atoms with van der Waals surface area (Å²) >= 11 is 5.65. The van der Waals surface area contributed by atoms with Gasteiger partial charge >= 0.3 is 0 Å². The first kappa shape index (κ1) is 12.3. The molecule has 0 bridgehead atoms. The van der Waals surface area contributed by atoms with Crippen LogP contribution in [0.2, 0.25) is 0 Å². The van der Waals surface area contributed by atoms with Gasteiger partial charge in [0.1, 0.15) is 0 Å². The average molecular weight is 219 g/mol. The van der Waals surface area contributed by atoms with E-state index in [9.17, 15) is 0 Å². The highest BCUT2D eigenvalue weighted by Gasteiger charge is 2.31. The van der Waals surface area contributed by atoms with Gasteiger partial charge in [-0.2, -0.15) is 0 Å². The normalized spacial score (nSPS) is 21.4. The quantitative estimate of drug-likeness (QED) is 0.575. The summed E-state index contributed by atoms with van der Waals surface area (Å²) in [5.41, 5.74) is 0.385. The van der Waals surface area contributed by atoms with Crippen molar-refractivity contribution in [3.8, 4) is 0 Å². The van der Waals surface area contributed by atoms with Crippen molar-refractivity contribution in [2.24, 2.45) is 11.3 Å². The Kier molecular flexibility index (Phi) is 4.68. The standard InChI is InChI=1S/C11H23ClN2/c1-11(2,8-13-9-12)10-4-6-14(3)7-5-10/h10,13H,4-9H2,1-3H3. The van der Waals surface area contributed by atoms with Gasteiger partial charge in [0.15, 0.2) is 0 Å². The van der Waals surface area contributed by atoms with Crippen molar-refractivity contribution in [2.45, 2.75) is 26.7 Å². The van der Waals surface area contributed by atoms with Crippen molar-refractivity contribution in [2.75, 3.05) is 32.7 Å². The summed E-state index contributed by atoms with van der Waals surface area (Å²) in [6, 6.07) is 0.566. The molecular weight excluding hydrogens is 196 g/mol. The summed E-state index contributed by atoms with van der Waals surface area (Å²) in [4.78, 5) is 2.42. The van der Waals surface area contributed by atoms with Crippen molar-refractivity contribution >= 4 is 11.6 Å². The van der Waals surface area contributed by atoms with Crippen LogP contribution in [0.5, 0.6) is 0 Å². The monoisotopic (exact) mass is 218 g/mol. The molecule has 0 atom stereocenters. The fraction of sp³-hybridized carbons (Fsp3) is 1.00. The van der Waals surface area contributed by atoms with E-state index in [0.717, 1.165) is 12.5 Å². The van der Waals surface area contributed by atoms with Gasteiger partial charge in [-0.3, -0.25) is 0 Å². The van der Waals surface area contributed by atoms with E-state index in [-0.39, 0.29) is 0 Å². The Labute approximate surface area is 93.0 Å². The lowest BCUT2D eigenvalue weighted by Crippen LogP contribution is -2.41. The Hall–Kier alpha value is 0.210. The first-order chi connectivity index (χ1) is 6.56. The lowest BCUT2D eigenvalue weighted by Gasteiger charge is -2.39. The third kappa shape index (κ3) is 3.41. The Morgan fingerprint density at radius 3 is 2.43 bits per heavy atom. The van der Waals surface area contributed by atoms with E-state index in [0.29, 0.717) is 11.4 Å². The summed E-state index contributed by atoms with van der Waals surface area (Å²) in [5, 5.41) is 3.25. The molecule has 0 unspecified atom stereocenters. The molecule has 1 aliphatic heterocycles. The van der Waals surface area contributed by atoms with Gasteiger partial charge < -0.3 is 10.2 Å². The van der Waals surface area contributed by atoms with Crippen LogP contribution in [-0.2, 0) is 0 Å². The molecule has 0 radical (unpaired) electrons. The molecule has 84 valence electrons. The largest absolute Gasteiger partial charge is 0.306 e. The number of hydrogen-bond acceptors (Lipinski definition) is 2. The molecule has 0 saturated carbocycles. The molecule has 3 heteroatoms. The van der Waals surface area contributed by atoms with E-state index in [4.69, 9.17) is 11.6 Å². The second-order valence-corrected chi connectivity index (χ2v) is 5.39. The van der Waals surface area contributed by atoms with Crippen LogP contribution >= 0.6 is 11.6 Å². The number of nitrogens with zero attached hydrogens (tertiary/aromatic N) is 1. The van der Waals surface area contributed by atoms with Crippen LogP contribution in [0.4, 0.5) is 0 Å². The van der Waals surface area contributed by atoms with Crippen LogP contribution in [-0.4, -0.2) is 37.6 Å². The number of piperidine rings is 1. The minimum atomic E-state index is 0.385. The molecule has 0 aliphatic carbocycles. The van der Waals surface area contributed by atoms with Crippen LogP contribution in [0.25, 0.3) is 0 Å². The predicted molar refractivity (Wildman–Crippen MR) is 62.7 cm³/mol. The van der Waals surface area contributed by atoms with Crippen LogP contribution in [0.1, 0.15) is 26.7 Å². The zero-order valence-corrected chi connectivity index (χ0v) is 10.4. The highest BCUT2D eigenvalue weighted by atomic mass is 35.5. The Balaban J connectivity index is 2.38. The summed E-state index contributed by atoms with van der Waals surface area (Å²) in [6.07, 6.45) is 2.65. The number of halogens is 1. The SMILES string of the molecule is CN1CCC(C(C)(C)CNCCl)CC1. The molecule has 0 spiro atoms. The van der Waals surface area contributed by atoms with Gasteiger partial charge in [-0.1, -0.05) is 13.8 Å². The zero-order chi connectivity index (χ0) is 10.6. The molecule has 0 aromatic rings. The van der Waals surface area contributed by atoms with E-state index >= 15 is 0 Å². The first-order valence-electron chi connectivity index (χ1n) is 5.51. The summed E-state index contributed by atoms with van der Waals surface area (Å²) < 4.78 is 0. The van der Waals surface area contributed by atoms with E-state index in [1.54, 1.807) is 0 Å². The predicted octanol–water partition coefficient (Wildman–Crippen LogP) is 2.14. The van der Waals surface area contributed by atoms with Gasteiger partial charge in [0.2, 0.25) is 0 Å². The number of alkyl halides is 1. The summed E-state index contributed by atoms with van der Waals surface area (Å²) in [5.74, 6) is 0.842. The number of hydrogen-bond donors (Lipinski definition) is 1. The average Bonchev–Trinajstić information content (AvgIpc) is 2.16. The van der Waals surface area contributed by atoms with E-state index in [1.165, 1.54) is 25.9 Å². The zero-order valence-electron chi connectivity index (χ0n) is 9.65. The second kappa shape index (κ2) is 5.34. The third-order valence-electron chi connectivity index (χ3n) is 3.50. The maximum atomic E-state index is 5.65. The molecule has 1 saturated heterocycles. The number of rotatable bonds is 4. The van der Waals surface area contributed by atoms with Crippen LogP contribution < -0.4 is 5.32 Å². The molecule has 0 aromatic carbocycles. The minimum absolute atomic E-state index is 0.385. The fourth-order valence-corrected chi connectivity index (χ4v) is 2.40. The Bertz CT molecular complexity index is 163. The maximum Gasteiger partial charge on any atom is 0.0713 e. The molecular formula is C11H23ClN2. The molecule has 1 fully saturated rings. The van der Waals surface area contributed by atoms with Crippen molar-refractivity contribution in [3.63, 3.8) is 0 Å². The second-order valence-electron chi connectivity index (χ2n) is 5.13. The van der Waals surface area contributed by atoms with Crippen LogP contribution in [0.3, 0.4) is 0 Å². The fourth-order valence-electron chi connectivity index (χ4n) is 2.30. The Morgan fingerprint density at radius 2 is 1.93 bits per heavy atom. The molecule has 2 nitrogen and oxygen atoms in total. The van der Waals surface area contributed by atoms with Gasteiger partial charge in [-0.05, 0) is 44.3 Å². The first-order valence-corrected chi connectivity index (χ1v) is 6.05. The van der Waals surface area contributed by atoms with Crippen LogP contribution in [0.15, 0.2) is 0 Å².